The Morgan fingerprint density at radius 1 is 1.17 bits per heavy atom. The molecule has 0 atom stereocenters. The van der Waals surface area contributed by atoms with Crippen LogP contribution in [-0.4, -0.2) is 46.1 Å². The maximum absolute atomic E-state index is 12.4. The van der Waals surface area contributed by atoms with Gasteiger partial charge in [-0.05, 0) is 56.8 Å². The minimum Gasteiger partial charge on any atom is -0.497 e. The highest BCUT2D eigenvalue weighted by Crippen LogP contribution is 2.27. The van der Waals surface area contributed by atoms with Crippen LogP contribution in [-0.2, 0) is 10.0 Å². The van der Waals surface area contributed by atoms with Crippen LogP contribution in [0, 0.1) is 5.92 Å². The molecule has 1 aromatic rings. The number of rotatable bonds is 6. The first-order valence-electron chi connectivity index (χ1n) is 8.96. The van der Waals surface area contributed by atoms with E-state index in [0.717, 1.165) is 32.0 Å². The molecule has 0 bridgehead atoms. The van der Waals surface area contributed by atoms with Gasteiger partial charge in [0.1, 0.15) is 5.75 Å². The summed E-state index contributed by atoms with van der Waals surface area (Å²) in [6.45, 7) is 2.74. The third-order valence-corrected chi connectivity index (χ3v) is 6.82. The Labute approximate surface area is 145 Å². The van der Waals surface area contributed by atoms with Crippen LogP contribution in [0.25, 0.3) is 0 Å². The molecule has 2 fully saturated rings. The lowest BCUT2D eigenvalue weighted by atomic mass is 9.96. The van der Waals surface area contributed by atoms with E-state index < -0.39 is 10.0 Å². The number of hydrogen-bond acceptors (Lipinski definition) is 4. The zero-order valence-corrected chi connectivity index (χ0v) is 15.2. The fourth-order valence-corrected chi connectivity index (χ4v) is 5.02. The lowest BCUT2D eigenvalue weighted by Crippen LogP contribution is -2.42. The van der Waals surface area contributed by atoms with E-state index in [2.05, 4.69) is 9.62 Å². The SMILES string of the molecule is COc1cccc(S(=O)(=O)NCC2CCN(C3CCCC3)CC2)c1. The van der Waals surface area contributed by atoms with Gasteiger partial charge in [0.25, 0.3) is 0 Å². The van der Waals surface area contributed by atoms with Crippen molar-refractivity contribution in [1.82, 2.24) is 9.62 Å². The second-order valence-corrected chi connectivity index (χ2v) is 8.72. The molecule has 0 radical (unpaired) electrons. The summed E-state index contributed by atoms with van der Waals surface area (Å²) in [6.07, 6.45) is 7.57. The summed E-state index contributed by atoms with van der Waals surface area (Å²) < 4.78 is 32.8. The van der Waals surface area contributed by atoms with Gasteiger partial charge < -0.3 is 9.64 Å². The molecule has 1 aromatic carbocycles. The highest BCUT2D eigenvalue weighted by molar-refractivity contribution is 7.89. The van der Waals surface area contributed by atoms with Gasteiger partial charge in [-0.1, -0.05) is 18.9 Å². The molecule has 0 spiro atoms. The van der Waals surface area contributed by atoms with Gasteiger partial charge in [-0.2, -0.15) is 0 Å². The summed E-state index contributed by atoms with van der Waals surface area (Å²) in [7, 11) is -1.93. The Hall–Kier alpha value is -1.11. The van der Waals surface area contributed by atoms with Crippen molar-refractivity contribution in [3.05, 3.63) is 24.3 Å². The minimum atomic E-state index is -3.47. The monoisotopic (exact) mass is 352 g/mol. The Balaban J connectivity index is 1.50. The minimum absolute atomic E-state index is 0.269. The number of benzene rings is 1. The van der Waals surface area contributed by atoms with Crippen LogP contribution in [0.4, 0.5) is 0 Å². The first-order chi connectivity index (χ1) is 11.6. The lowest BCUT2D eigenvalue weighted by Gasteiger charge is -2.36. The summed E-state index contributed by atoms with van der Waals surface area (Å²) in [5.74, 6) is 0.991. The lowest BCUT2D eigenvalue weighted by molar-refractivity contribution is 0.135. The van der Waals surface area contributed by atoms with Gasteiger partial charge in [-0.25, -0.2) is 13.1 Å². The fraction of sp³-hybridized carbons (Fsp3) is 0.667. The number of likely N-dealkylation sites (tertiary alicyclic amines) is 1. The summed E-state index contributed by atoms with van der Waals surface area (Å²) in [5.41, 5.74) is 0. The van der Waals surface area contributed by atoms with Gasteiger partial charge in [0, 0.05) is 18.7 Å². The number of piperidine rings is 1. The molecule has 3 rings (SSSR count). The van der Waals surface area contributed by atoms with Crippen molar-refractivity contribution in [2.24, 2.45) is 5.92 Å². The normalized spacial score (nSPS) is 21.2. The van der Waals surface area contributed by atoms with Gasteiger partial charge in [0.05, 0.1) is 12.0 Å². The molecular weight excluding hydrogens is 324 g/mol. The maximum atomic E-state index is 12.4. The number of hydrogen-bond donors (Lipinski definition) is 1. The van der Waals surface area contributed by atoms with E-state index in [1.165, 1.54) is 32.8 Å². The number of nitrogens with one attached hydrogen (secondary N) is 1. The molecule has 1 saturated carbocycles. The molecule has 0 unspecified atom stereocenters. The third-order valence-electron chi connectivity index (χ3n) is 5.40. The Morgan fingerprint density at radius 3 is 2.54 bits per heavy atom. The molecule has 24 heavy (non-hydrogen) atoms. The average molecular weight is 353 g/mol. The van der Waals surface area contributed by atoms with Crippen molar-refractivity contribution in [2.75, 3.05) is 26.7 Å². The Kier molecular flexibility index (Phi) is 5.79. The third kappa shape index (κ3) is 4.29. The van der Waals surface area contributed by atoms with E-state index in [4.69, 9.17) is 4.74 Å². The summed E-state index contributed by atoms with van der Waals surface area (Å²) in [4.78, 5) is 2.88. The van der Waals surface area contributed by atoms with Crippen molar-refractivity contribution in [3.63, 3.8) is 0 Å². The van der Waals surface area contributed by atoms with E-state index in [0.29, 0.717) is 18.2 Å². The van der Waals surface area contributed by atoms with Crippen LogP contribution < -0.4 is 9.46 Å². The molecule has 1 heterocycles. The fourth-order valence-electron chi connectivity index (χ4n) is 3.87. The van der Waals surface area contributed by atoms with Crippen LogP contribution >= 0.6 is 0 Å². The zero-order chi connectivity index (χ0) is 17.0. The quantitative estimate of drug-likeness (QED) is 0.855. The molecule has 134 valence electrons. The molecule has 2 aliphatic rings. The summed E-state index contributed by atoms with van der Waals surface area (Å²) in [6, 6.07) is 7.39. The van der Waals surface area contributed by atoms with E-state index >= 15 is 0 Å². The van der Waals surface area contributed by atoms with Crippen molar-refractivity contribution in [1.29, 1.82) is 0 Å². The highest BCUT2D eigenvalue weighted by atomic mass is 32.2. The van der Waals surface area contributed by atoms with Crippen LogP contribution in [0.2, 0.25) is 0 Å². The number of sulfonamides is 1. The molecule has 6 heteroatoms. The number of nitrogens with zero attached hydrogens (tertiary/aromatic N) is 1. The highest BCUT2D eigenvalue weighted by Gasteiger charge is 2.27. The van der Waals surface area contributed by atoms with E-state index in [-0.39, 0.29) is 4.90 Å². The van der Waals surface area contributed by atoms with Crippen molar-refractivity contribution in [2.45, 2.75) is 49.5 Å². The second-order valence-electron chi connectivity index (χ2n) is 6.95. The second kappa shape index (κ2) is 7.85. The topological polar surface area (TPSA) is 58.6 Å². The first-order valence-corrected chi connectivity index (χ1v) is 10.4. The maximum Gasteiger partial charge on any atom is 0.240 e. The molecule has 1 aliphatic heterocycles. The zero-order valence-electron chi connectivity index (χ0n) is 14.4. The first kappa shape index (κ1) is 17.7. The van der Waals surface area contributed by atoms with Crippen molar-refractivity contribution < 1.29 is 13.2 Å². The molecule has 0 aromatic heterocycles. The predicted molar refractivity (Wildman–Crippen MR) is 94.7 cm³/mol. The standard InChI is InChI=1S/C18H28N2O3S/c1-23-17-7-4-8-18(13-17)24(21,22)19-14-15-9-11-20(12-10-15)16-5-2-3-6-16/h4,7-8,13,15-16,19H,2-3,5-6,9-12,14H2,1H3. The number of ether oxygens (including phenoxy) is 1. The molecule has 1 N–H and O–H groups in total. The van der Waals surface area contributed by atoms with Gasteiger partial charge >= 0.3 is 0 Å². The summed E-state index contributed by atoms with van der Waals surface area (Å²) >= 11 is 0. The van der Waals surface area contributed by atoms with Crippen LogP contribution in [0.3, 0.4) is 0 Å². The van der Waals surface area contributed by atoms with Gasteiger partial charge in [-0.15, -0.1) is 0 Å². The predicted octanol–water partition coefficient (Wildman–Crippen LogP) is 2.63. The molecule has 0 amide bonds. The molecule has 1 aliphatic carbocycles. The van der Waals surface area contributed by atoms with E-state index in [1.807, 2.05) is 0 Å². The van der Waals surface area contributed by atoms with Crippen LogP contribution in [0.1, 0.15) is 38.5 Å². The van der Waals surface area contributed by atoms with E-state index in [9.17, 15) is 8.42 Å². The van der Waals surface area contributed by atoms with Crippen LogP contribution in [0.15, 0.2) is 29.2 Å². The smallest absolute Gasteiger partial charge is 0.240 e. The number of methoxy groups -OCH3 is 1. The van der Waals surface area contributed by atoms with Gasteiger partial charge in [-0.3, -0.25) is 0 Å². The van der Waals surface area contributed by atoms with Crippen molar-refractivity contribution >= 4 is 10.0 Å². The Bertz CT molecular complexity index is 633. The van der Waals surface area contributed by atoms with Gasteiger partial charge in [0.2, 0.25) is 10.0 Å². The largest absolute Gasteiger partial charge is 0.497 e. The Morgan fingerprint density at radius 2 is 1.88 bits per heavy atom. The van der Waals surface area contributed by atoms with E-state index in [1.54, 1.807) is 24.3 Å². The molecule has 5 nitrogen and oxygen atoms in total. The molecule has 1 saturated heterocycles. The summed E-state index contributed by atoms with van der Waals surface area (Å²) in [5, 5.41) is 0. The molecular formula is C18H28N2O3S. The van der Waals surface area contributed by atoms with Gasteiger partial charge in [0.15, 0.2) is 0 Å². The van der Waals surface area contributed by atoms with Crippen LogP contribution in [0.5, 0.6) is 5.75 Å². The van der Waals surface area contributed by atoms with Crippen molar-refractivity contribution in [3.8, 4) is 5.75 Å². The average Bonchev–Trinajstić information content (AvgIpc) is 3.15.